The van der Waals surface area contributed by atoms with Crippen molar-refractivity contribution in [1.82, 2.24) is 0 Å². The molecule has 0 saturated heterocycles. The number of hydrogen-bond acceptors (Lipinski definition) is 9. The number of carbonyl (C=O) groups is 1. The SMILES string of the molecule is C.C.O=C=O.O=CO.OO.OO.OO. The number of rotatable bonds is 0. The van der Waals surface area contributed by atoms with Crippen molar-refractivity contribution in [2.45, 2.75) is 14.9 Å². The molecule has 0 aromatic heterocycles. The van der Waals surface area contributed by atoms with Gasteiger partial charge in [-0.1, -0.05) is 14.9 Å². The zero-order chi connectivity index (χ0) is 11.4. The third-order valence-electron chi connectivity index (χ3n) is 0. The highest BCUT2D eigenvalue weighted by atomic mass is 17.0. The molecular weight excluding hydrogens is 208 g/mol. The minimum Gasteiger partial charge on any atom is -0.483 e. The van der Waals surface area contributed by atoms with Crippen molar-refractivity contribution >= 4 is 12.6 Å². The predicted octanol–water partition coefficient (Wildman–Crippen LogP) is 0.442. The van der Waals surface area contributed by atoms with Gasteiger partial charge in [-0.25, -0.2) is 0 Å². The molecule has 0 atom stereocenters. The van der Waals surface area contributed by atoms with Crippen molar-refractivity contribution in [3.05, 3.63) is 0 Å². The lowest BCUT2D eigenvalue weighted by molar-refractivity contribution is -0.191. The van der Waals surface area contributed by atoms with Gasteiger partial charge in [-0.3, -0.25) is 36.3 Å². The van der Waals surface area contributed by atoms with E-state index in [0.29, 0.717) is 0 Å². The van der Waals surface area contributed by atoms with Crippen molar-refractivity contribution in [2.24, 2.45) is 0 Å². The van der Waals surface area contributed by atoms with Gasteiger partial charge in [0.1, 0.15) is 0 Å². The van der Waals surface area contributed by atoms with Crippen molar-refractivity contribution in [1.29, 1.82) is 0 Å². The van der Waals surface area contributed by atoms with E-state index in [1.807, 2.05) is 0 Å². The van der Waals surface area contributed by atoms with Gasteiger partial charge in [0.05, 0.1) is 0 Å². The number of carbonyl (C=O) groups excluding carboxylic acids is 2. The molecular formula is C4H16O10. The van der Waals surface area contributed by atoms with Crippen molar-refractivity contribution in [3.63, 3.8) is 0 Å². The van der Waals surface area contributed by atoms with Crippen LogP contribution < -0.4 is 0 Å². The maximum absolute atomic E-state index is 8.36. The van der Waals surface area contributed by atoms with Gasteiger partial charge in [0.2, 0.25) is 0 Å². The fourth-order valence-corrected chi connectivity index (χ4v) is 0. The zero-order valence-corrected chi connectivity index (χ0v) is 5.43. The molecule has 0 aliphatic carbocycles. The molecule has 0 saturated carbocycles. The van der Waals surface area contributed by atoms with Crippen LogP contribution in [0.3, 0.4) is 0 Å². The van der Waals surface area contributed by atoms with Crippen LogP contribution in [0.1, 0.15) is 14.9 Å². The lowest BCUT2D eigenvalue weighted by Crippen LogP contribution is -1.49. The molecule has 0 spiro atoms. The minimum atomic E-state index is -0.250. The Morgan fingerprint density at radius 2 is 0.786 bits per heavy atom. The molecule has 14 heavy (non-hydrogen) atoms. The van der Waals surface area contributed by atoms with Crippen LogP contribution in [-0.4, -0.2) is 49.3 Å². The molecule has 0 rings (SSSR count). The van der Waals surface area contributed by atoms with E-state index in [9.17, 15) is 0 Å². The van der Waals surface area contributed by atoms with Crippen LogP contribution in [0.25, 0.3) is 0 Å². The molecule has 0 bridgehead atoms. The maximum Gasteiger partial charge on any atom is 0.373 e. The first-order valence-corrected chi connectivity index (χ1v) is 1.50. The third kappa shape index (κ3) is 507. The van der Waals surface area contributed by atoms with E-state index in [2.05, 4.69) is 0 Å². The lowest BCUT2D eigenvalue weighted by Gasteiger charge is -1.34. The number of hydrogen-bond donors (Lipinski definition) is 7. The number of carboxylic acid groups (broad SMARTS) is 1. The summed E-state index contributed by atoms with van der Waals surface area (Å²) in [6.45, 7) is -0.250. The van der Waals surface area contributed by atoms with E-state index in [-0.39, 0.29) is 27.5 Å². The standard InChI is InChI=1S/CH2O2.CO2.2CH4.3H2O2/c2*2-1-3;;;3*1-2/h1H,(H,2,3);;2*1H4;3*1-2H. The normalized spacial score (nSPS) is 2.71. The third-order valence-corrected chi connectivity index (χ3v) is 0. The Morgan fingerprint density at radius 1 is 0.786 bits per heavy atom. The van der Waals surface area contributed by atoms with Gasteiger partial charge in [0.15, 0.2) is 0 Å². The molecule has 0 fully saturated rings. The monoisotopic (exact) mass is 224 g/mol. The summed E-state index contributed by atoms with van der Waals surface area (Å²) in [5, 5.41) is 42.9. The fraction of sp³-hybridized carbons (Fsp3) is 0.500. The Balaban J connectivity index is -0.00000000859. The maximum atomic E-state index is 8.36. The van der Waals surface area contributed by atoms with E-state index < -0.39 is 0 Å². The highest BCUT2D eigenvalue weighted by Crippen LogP contribution is 0.966. The first-order valence-electron chi connectivity index (χ1n) is 1.50. The van der Waals surface area contributed by atoms with Gasteiger partial charge < -0.3 is 5.11 Å². The fourth-order valence-electron chi connectivity index (χ4n) is 0. The van der Waals surface area contributed by atoms with E-state index in [1.165, 1.54) is 0 Å². The van der Waals surface area contributed by atoms with E-state index >= 15 is 0 Å². The molecule has 0 aliphatic heterocycles. The van der Waals surface area contributed by atoms with Gasteiger partial charge in [0, 0.05) is 0 Å². The van der Waals surface area contributed by atoms with Crippen molar-refractivity contribution in [2.75, 3.05) is 0 Å². The lowest BCUT2D eigenvalue weighted by atomic mass is 11.7. The largest absolute Gasteiger partial charge is 0.483 e. The van der Waals surface area contributed by atoms with Gasteiger partial charge in [-0.05, 0) is 0 Å². The Labute approximate surface area is 79.7 Å². The van der Waals surface area contributed by atoms with Crippen LogP contribution in [0, 0.1) is 0 Å². The van der Waals surface area contributed by atoms with Crippen LogP contribution in [0.2, 0.25) is 0 Å². The second-order valence-electron chi connectivity index (χ2n) is 0.189. The summed E-state index contributed by atoms with van der Waals surface area (Å²) in [4.78, 5) is 24.6. The highest BCUT2D eigenvalue weighted by molar-refractivity contribution is 5.32. The molecule has 0 heterocycles. The molecule has 0 unspecified atom stereocenters. The molecule has 0 aliphatic rings. The van der Waals surface area contributed by atoms with Gasteiger partial charge in [0.25, 0.3) is 6.47 Å². The molecule has 0 radical (unpaired) electrons. The summed E-state index contributed by atoms with van der Waals surface area (Å²) in [5.41, 5.74) is 0. The van der Waals surface area contributed by atoms with Crippen molar-refractivity contribution in [3.8, 4) is 0 Å². The van der Waals surface area contributed by atoms with Gasteiger partial charge in [-0.15, -0.1) is 0 Å². The first kappa shape index (κ1) is 54.0. The van der Waals surface area contributed by atoms with Crippen molar-refractivity contribution < 1.29 is 51.0 Å². The molecule has 10 nitrogen and oxygen atoms in total. The average molecular weight is 224 g/mol. The quantitative estimate of drug-likeness (QED) is 0.172. The van der Waals surface area contributed by atoms with Gasteiger partial charge in [-0.2, -0.15) is 9.59 Å². The van der Waals surface area contributed by atoms with E-state index in [4.69, 9.17) is 51.0 Å². The topological polar surface area (TPSA) is 193 Å². The predicted molar refractivity (Wildman–Crippen MR) is 42.9 cm³/mol. The van der Waals surface area contributed by atoms with Crippen LogP contribution in [0.4, 0.5) is 0 Å². The Morgan fingerprint density at radius 3 is 0.786 bits per heavy atom. The molecule has 7 N–H and O–H groups in total. The first-order chi connectivity index (χ1) is 5.83. The Bertz CT molecular complexity index is 57.1. The van der Waals surface area contributed by atoms with Crippen LogP contribution in [0.15, 0.2) is 0 Å². The van der Waals surface area contributed by atoms with E-state index in [0.717, 1.165) is 0 Å². The summed E-state index contributed by atoms with van der Waals surface area (Å²) in [5.74, 6) is 0. The summed E-state index contributed by atoms with van der Waals surface area (Å²) in [6.07, 6.45) is 0.250. The minimum absolute atomic E-state index is 0. The second kappa shape index (κ2) is 3510. The Kier molecular flexibility index (Phi) is 13500. The summed E-state index contributed by atoms with van der Waals surface area (Å²) in [7, 11) is 0. The highest BCUT2D eigenvalue weighted by Gasteiger charge is 1.22. The summed E-state index contributed by atoms with van der Waals surface area (Å²) < 4.78 is 0. The van der Waals surface area contributed by atoms with Crippen LogP contribution >= 0.6 is 0 Å². The molecule has 10 heteroatoms. The summed E-state index contributed by atoms with van der Waals surface area (Å²) >= 11 is 0. The molecule has 0 aromatic carbocycles. The second-order valence-corrected chi connectivity index (χ2v) is 0.189. The zero-order valence-electron chi connectivity index (χ0n) is 5.43. The molecule has 0 amide bonds. The van der Waals surface area contributed by atoms with Crippen LogP contribution in [0.5, 0.6) is 0 Å². The summed E-state index contributed by atoms with van der Waals surface area (Å²) in [6, 6.07) is 0. The van der Waals surface area contributed by atoms with Crippen LogP contribution in [-0.2, 0) is 14.4 Å². The molecule has 92 valence electrons. The Hall–Kier alpha value is -1.39. The average Bonchev–Trinajstić information content (AvgIpc) is 2.16. The van der Waals surface area contributed by atoms with Gasteiger partial charge >= 0.3 is 6.15 Å². The smallest absolute Gasteiger partial charge is 0.373 e. The molecule has 0 aromatic rings. The van der Waals surface area contributed by atoms with E-state index in [1.54, 1.807) is 0 Å².